The molecule has 4 N–H and O–H groups in total. The van der Waals surface area contributed by atoms with Crippen LogP contribution in [0.25, 0.3) is 11.2 Å². The lowest BCUT2D eigenvalue weighted by atomic mass is 9.91. The zero-order chi connectivity index (χ0) is 14.8. The molecule has 4 heterocycles. The Kier molecular flexibility index (Phi) is 2.44. The Morgan fingerprint density at radius 3 is 3.19 bits per heavy atom. The van der Waals surface area contributed by atoms with Crippen LogP contribution in [0, 0.1) is 5.92 Å². The molecule has 0 radical (unpaired) electrons. The SMILES string of the molecule is CC1[C@@H]2OC[C@]1(CO)O[C@H]2n1cnc2c(=O)[nH]c(N)nc21. The summed E-state index contributed by atoms with van der Waals surface area (Å²) in [6.45, 7) is 2.21. The summed E-state index contributed by atoms with van der Waals surface area (Å²) in [5.74, 6) is 0.0486. The maximum Gasteiger partial charge on any atom is 0.280 e. The van der Waals surface area contributed by atoms with Gasteiger partial charge in [-0.2, -0.15) is 4.98 Å². The summed E-state index contributed by atoms with van der Waals surface area (Å²) in [6.07, 6.45) is 0.773. The van der Waals surface area contributed by atoms with Crippen LogP contribution in [-0.2, 0) is 9.47 Å². The molecule has 0 saturated carbocycles. The Bertz CT molecular complexity index is 771. The molecule has 2 saturated heterocycles. The van der Waals surface area contributed by atoms with Gasteiger partial charge in [0.1, 0.15) is 11.7 Å². The minimum atomic E-state index is -0.710. The normalized spacial score (nSPS) is 34.9. The number of H-pyrrole nitrogens is 1. The van der Waals surface area contributed by atoms with Gasteiger partial charge < -0.3 is 20.3 Å². The van der Waals surface area contributed by atoms with Crippen molar-refractivity contribution in [3.8, 4) is 0 Å². The molecule has 2 aliphatic heterocycles. The van der Waals surface area contributed by atoms with Crippen LogP contribution in [0.15, 0.2) is 11.1 Å². The molecule has 1 unspecified atom stereocenters. The molecular weight excluding hydrogens is 278 g/mol. The first-order chi connectivity index (χ1) is 10.1. The summed E-state index contributed by atoms with van der Waals surface area (Å²) in [5, 5.41) is 9.61. The lowest BCUT2D eigenvalue weighted by Gasteiger charge is -2.30. The number of aromatic nitrogens is 4. The smallest absolute Gasteiger partial charge is 0.280 e. The monoisotopic (exact) mass is 293 g/mol. The van der Waals surface area contributed by atoms with E-state index in [1.54, 1.807) is 4.57 Å². The fourth-order valence-electron chi connectivity index (χ4n) is 3.16. The van der Waals surface area contributed by atoms with Gasteiger partial charge in [0.15, 0.2) is 17.4 Å². The summed E-state index contributed by atoms with van der Waals surface area (Å²) in [6, 6.07) is 0. The van der Waals surface area contributed by atoms with Crippen molar-refractivity contribution in [1.82, 2.24) is 19.5 Å². The lowest BCUT2D eigenvalue weighted by Crippen LogP contribution is -2.40. The van der Waals surface area contributed by atoms with E-state index in [0.29, 0.717) is 12.3 Å². The molecule has 0 amide bonds. The number of hydrogen-bond donors (Lipinski definition) is 3. The predicted octanol–water partition coefficient (Wildman–Crippen LogP) is -1.00. The molecule has 0 aliphatic carbocycles. The van der Waals surface area contributed by atoms with Gasteiger partial charge >= 0.3 is 0 Å². The molecule has 4 atom stereocenters. The van der Waals surface area contributed by atoms with E-state index in [4.69, 9.17) is 15.2 Å². The molecule has 21 heavy (non-hydrogen) atoms. The van der Waals surface area contributed by atoms with E-state index in [0.717, 1.165) is 0 Å². The molecule has 2 aromatic rings. The van der Waals surface area contributed by atoms with Crippen LogP contribution in [0.1, 0.15) is 13.2 Å². The van der Waals surface area contributed by atoms with Crippen LogP contribution in [0.5, 0.6) is 0 Å². The van der Waals surface area contributed by atoms with Crippen LogP contribution in [0.3, 0.4) is 0 Å². The third kappa shape index (κ3) is 1.53. The highest BCUT2D eigenvalue weighted by Crippen LogP contribution is 2.48. The van der Waals surface area contributed by atoms with Gasteiger partial charge in [0, 0.05) is 5.92 Å². The predicted molar refractivity (Wildman–Crippen MR) is 71.4 cm³/mol. The van der Waals surface area contributed by atoms with E-state index in [-0.39, 0.29) is 30.1 Å². The molecule has 2 fully saturated rings. The van der Waals surface area contributed by atoms with Crippen molar-refractivity contribution in [1.29, 1.82) is 0 Å². The van der Waals surface area contributed by atoms with Crippen molar-refractivity contribution in [2.24, 2.45) is 5.92 Å². The van der Waals surface area contributed by atoms with Crippen molar-refractivity contribution < 1.29 is 14.6 Å². The van der Waals surface area contributed by atoms with Crippen molar-refractivity contribution in [3.63, 3.8) is 0 Å². The van der Waals surface area contributed by atoms with E-state index in [1.165, 1.54) is 6.33 Å². The first-order valence-corrected chi connectivity index (χ1v) is 6.68. The highest BCUT2D eigenvalue weighted by atomic mass is 16.6. The second kappa shape index (κ2) is 4.03. The van der Waals surface area contributed by atoms with E-state index in [9.17, 15) is 9.90 Å². The zero-order valence-electron chi connectivity index (χ0n) is 11.3. The van der Waals surface area contributed by atoms with E-state index >= 15 is 0 Å². The van der Waals surface area contributed by atoms with Gasteiger partial charge in [-0.3, -0.25) is 14.3 Å². The van der Waals surface area contributed by atoms with Gasteiger partial charge in [-0.15, -0.1) is 0 Å². The summed E-state index contributed by atoms with van der Waals surface area (Å²) in [4.78, 5) is 22.4. The maximum absolute atomic E-state index is 11.8. The number of nitrogens with one attached hydrogen (secondary N) is 1. The molecular formula is C12H15N5O4. The van der Waals surface area contributed by atoms with E-state index in [1.807, 2.05) is 6.92 Å². The Labute approximate surface area is 118 Å². The van der Waals surface area contributed by atoms with Crippen molar-refractivity contribution in [2.75, 3.05) is 18.9 Å². The number of nitrogen functional groups attached to an aromatic ring is 1. The van der Waals surface area contributed by atoms with E-state index in [2.05, 4.69) is 15.0 Å². The second-order valence-electron chi connectivity index (χ2n) is 5.57. The van der Waals surface area contributed by atoms with Crippen LogP contribution in [-0.4, -0.2) is 49.5 Å². The van der Waals surface area contributed by atoms with Crippen LogP contribution in [0.4, 0.5) is 5.95 Å². The van der Waals surface area contributed by atoms with Gasteiger partial charge in [-0.1, -0.05) is 6.92 Å². The number of hydrogen-bond acceptors (Lipinski definition) is 7. The Morgan fingerprint density at radius 2 is 2.48 bits per heavy atom. The first kappa shape index (κ1) is 12.7. The molecule has 0 aromatic carbocycles. The van der Waals surface area contributed by atoms with Crippen molar-refractivity contribution >= 4 is 17.1 Å². The molecule has 2 bridgehead atoms. The van der Waals surface area contributed by atoms with Crippen LogP contribution >= 0.6 is 0 Å². The molecule has 112 valence electrons. The number of imidazole rings is 1. The summed E-state index contributed by atoms with van der Waals surface area (Å²) in [7, 11) is 0. The minimum Gasteiger partial charge on any atom is -0.393 e. The van der Waals surface area contributed by atoms with Crippen molar-refractivity contribution in [2.45, 2.75) is 24.9 Å². The molecule has 4 rings (SSSR count). The standard InChI is InChI=1S/C12H15N5O4/c1-5-7-10(21-12(5,2-18)3-20-7)17-4-14-6-8(17)15-11(13)16-9(6)19/h4-5,7,10,18H,2-3H2,1H3,(H3,13,15,16,19)/t5?,7-,10+,12-/m0/s1. The molecule has 2 aromatic heterocycles. The number of ether oxygens (including phenoxy) is 2. The maximum atomic E-state index is 11.8. The summed E-state index contributed by atoms with van der Waals surface area (Å²) < 4.78 is 13.4. The number of aliphatic hydroxyl groups is 1. The summed E-state index contributed by atoms with van der Waals surface area (Å²) >= 11 is 0. The quantitative estimate of drug-likeness (QED) is 0.647. The Balaban J connectivity index is 1.84. The van der Waals surface area contributed by atoms with Gasteiger partial charge in [-0.25, -0.2) is 4.98 Å². The van der Waals surface area contributed by atoms with Gasteiger partial charge in [0.25, 0.3) is 5.56 Å². The molecule has 2 aliphatic rings. The lowest BCUT2D eigenvalue weighted by molar-refractivity contribution is -0.183. The topological polar surface area (TPSA) is 128 Å². The molecule has 9 nitrogen and oxygen atoms in total. The first-order valence-electron chi connectivity index (χ1n) is 6.68. The zero-order valence-corrected chi connectivity index (χ0v) is 11.3. The Hall–Kier alpha value is -1.97. The number of rotatable bonds is 2. The average Bonchev–Trinajstić information content (AvgIpc) is 3.09. The fourth-order valence-corrected chi connectivity index (χ4v) is 3.16. The number of aromatic amines is 1. The number of nitrogens with two attached hydrogens (primary N) is 1. The third-order valence-electron chi connectivity index (χ3n) is 4.47. The van der Waals surface area contributed by atoms with Gasteiger partial charge in [-0.05, 0) is 0 Å². The van der Waals surface area contributed by atoms with E-state index < -0.39 is 17.4 Å². The second-order valence-corrected chi connectivity index (χ2v) is 5.57. The number of fused-ring (bicyclic) bond motifs is 3. The van der Waals surface area contributed by atoms with Crippen LogP contribution in [0.2, 0.25) is 0 Å². The summed E-state index contributed by atoms with van der Waals surface area (Å²) in [5.41, 5.74) is 5.02. The van der Waals surface area contributed by atoms with Gasteiger partial charge in [0.2, 0.25) is 5.95 Å². The Morgan fingerprint density at radius 1 is 1.67 bits per heavy atom. The number of nitrogens with zero attached hydrogens (tertiary/aromatic N) is 3. The largest absolute Gasteiger partial charge is 0.393 e. The fraction of sp³-hybridized carbons (Fsp3) is 0.583. The average molecular weight is 293 g/mol. The minimum absolute atomic E-state index is 0.0169. The highest BCUT2D eigenvalue weighted by Gasteiger charge is 2.59. The third-order valence-corrected chi connectivity index (χ3v) is 4.47. The van der Waals surface area contributed by atoms with Gasteiger partial charge in [0.05, 0.1) is 19.5 Å². The number of aliphatic hydroxyl groups excluding tert-OH is 1. The molecule has 9 heteroatoms. The highest BCUT2D eigenvalue weighted by molar-refractivity contribution is 5.70. The number of anilines is 1. The van der Waals surface area contributed by atoms with Crippen LogP contribution < -0.4 is 11.3 Å². The molecule has 0 spiro atoms. The van der Waals surface area contributed by atoms with Crippen molar-refractivity contribution in [3.05, 3.63) is 16.7 Å².